The molecule has 0 radical (unpaired) electrons. The third-order valence-electron chi connectivity index (χ3n) is 1.15. The van der Waals surface area contributed by atoms with Crippen LogP contribution in [0.2, 0.25) is 4.47 Å². The molecule has 0 unspecified atom stereocenters. The number of halogens is 1. The molecule has 0 aromatic carbocycles. The van der Waals surface area contributed by atoms with Crippen LogP contribution >= 0.6 is 34.3 Å². The Hall–Kier alpha value is -0.450. The average molecular weight is 203 g/mol. The first kappa shape index (κ1) is 7.21. The second-order valence-electron chi connectivity index (χ2n) is 1.84. The molecule has 2 aromatic heterocycles. The SMILES string of the molecule is Clc1ncc(-c2cncs2)s1. The molecule has 0 amide bonds. The van der Waals surface area contributed by atoms with Crippen LogP contribution in [-0.2, 0) is 0 Å². The van der Waals surface area contributed by atoms with Crippen LogP contribution in [0.15, 0.2) is 17.9 Å². The Morgan fingerprint density at radius 3 is 2.73 bits per heavy atom. The van der Waals surface area contributed by atoms with Crippen LogP contribution in [0.25, 0.3) is 9.75 Å². The van der Waals surface area contributed by atoms with Gasteiger partial charge in [-0.3, -0.25) is 4.98 Å². The van der Waals surface area contributed by atoms with Gasteiger partial charge in [-0.05, 0) is 0 Å². The Morgan fingerprint density at radius 1 is 1.27 bits per heavy atom. The van der Waals surface area contributed by atoms with Crippen molar-refractivity contribution in [3.63, 3.8) is 0 Å². The highest BCUT2D eigenvalue weighted by Gasteiger charge is 2.02. The lowest BCUT2D eigenvalue weighted by molar-refractivity contribution is 1.41. The smallest absolute Gasteiger partial charge is 0.184 e. The summed E-state index contributed by atoms with van der Waals surface area (Å²) in [6.45, 7) is 0. The molecule has 2 rings (SSSR count). The van der Waals surface area contributed by atoms with Crippen LogP contribution in [0.5, 0.6) is 0 Å². The zero-order valence-corrected chi connectivity index (χ0v) is 7.71. The molecular weight excluding hydrogens is 200 g/mol. The first-order chi connectivity index (χ1) is 5.36. The number of rotatable bonds is 1. The van der Waals surface area contributed by atoms with E-state index in [-0.39, 0.29) is 0 Å². The molecule has 0 saturated heterocycles. The highest BCUT2D eigenvalue weighted by atomic mass is 35.5. The number of hydrogen-bond donors (Lipinski definition) is 0. The van der Waals surface area contributed by atoms with Gasteiger partial charge in [0.15, 0.2) is 4.47 Å². The number of thiazole rings is 2. The van der Waals surface area contributed by atoms with E-state index >= 15 is 0 Å². The van der Waals surface area contributed by atoms with Crippen molar-refractivity contribution >= 4 is 34.3 Å². The first-order valence-electron chi connectivity index (χ1n) is 2.86. The van der Waals surface area contributed by atoms with E-state index in [2.05, 4.69) is 9.97 Å². The molecule has 0 fully saturated rings. The van der Waals surface area contributed by atoms with Gasteiger partial charge < -0.3 is 0 Å². The lowest BCUT2D eigenvalue weighted by Gasteiger charge is -1.82. The van der Waals surface area contributed by atoms with Gasteiger partial charge in [0.2, 0.25) is 0 Å². The minimum atomic E-state index is 0.577. The summed E-state index contributed by atoms with van der Waals surface area (Å²) in [4.78, 5) is 10.1. The van der Waals surface area contributed by atoms with E-state index in [0.29, 0.717) is 4.47 Å². The Labute approximate surface area is 76.5 Å². The highest BCUT2D eigenvalue weighted by Crippen LogP contribution is 2.30. The van der Waals surface area contributed by atoms with E-state index < -0.39 is 0 Å². The number of nitrogens with zero attached hydrogens (tertiary/aromatic N) is 2. The summed E-state index contributed by atoms with van der Waals surface area (Å²) in [5.74, 6) is 0. The number of hydrogen-bond acceptors (Lipinski definition) is 4. The van der Waals surface area contributed by atoms with Crippen LogP contribution in [-0.4, -0.2) is 9.97 Å². The van der Waals surface area contributed by atoms with Crippen molar-refractivity contribution in [2.45, 2.75) is 0 Å². The normalized spacial score (nSPS) is 10.3. The molecule has 0 saturated carbocycles. The van der Waals surface area contributed by atoms with Crippen molar-refractivity contribution in [1.82, 2.24) is 9.97 Å². The fourth-order valence-electron chi connectivity index (χ4n) is 0.704. The molecule has 2 nitrogen and oxygen atoms in total. The summed E-state index contributed by atoms with van der Waals surface area (Å²) < 4.78 is 0.577. The van der Waals surface area contributed by atoms with Crippen LogP contribution in [0.4, 0.5) is 0 Å². The van der Waals surface area contributed by atoms with Gasteiger partial charge in [0.1, 0.15) is 0 Å². The molecule has 56 valence electrons. The fourth-order valence-corrected chi connectivity index (χ4v) is 2.34. The second kappa shape index (κ2) is 2.89. The molecule has 11 heavy (non-hydrogen) atoms. The molecule has 0 aliphatic heterocycles. The van der Waals surface area contributed by atoms with Gasteiger partial charge in [-0.1, -0.05) is 11.6 Å². The largest absolute Gasteiger partial charge is 0.252 e. The Bertz CT molecular complexity index is 341. The zero-order valence-electron chi connectivity index (χ0n) is 5.32. The van der Waals surface area contributed by atoms with E-state index in [9.17, 15) is 0 Å². The molecule has 5 heteroatoms. The molecule has 2 aromatic rings. The van der Waals surface area contributed by atoms with Gasteiger partial charge in [-0.2, -0.15) is 0 Å². The minimum Gasteiger partial charge on any atom is -0.252 e. The Kier molecular flexibility index (Phi) is 1.89. The van der Waals surface area contributed by atoms with E-state index in [1.807, 2.05) is 6.20 Å². The highest BCUT2D eigenvalue weighted by molar-refractivity contribution is 7.23. The Balaban J connectivity index is 2.45. The second-order valence-corrected chi connectivity index (χ2v) is 4.34. The molecule has 0 bridgehead atoms. The van der Waals surface area contributed by atoms with Gasteiger partial charge >= 0.3 is 0 Å². The lowest BCUT2D eigenvalue weighted by atomic mass is 10.5. The Morgan fingerprint density at radius 2 is 2.18 bits per heavy atom. The van der Waals surface area contributed by atoms with Crippen LogP contribution in [0, 0.1) is 0 Å². The fraction of sp³-hybridized carbons (Fsp3) is 0. The van der Waals surface area contributed by atoms with Crippen LogP contribution in [0.1, 0.15) is 0 Å². The lowest BCUT2D eigenvalue weighted by Crippen LogP contribution is -1.58. The maximum absolute atomic E-state index is 5.67. The van der Waals surface area contributed by atoms with Crippen molar-refractivity contribution in [1.29, 1.82) is 0 Å². The van der Waals surface area contributed by atoms with E-state index in [0.717, 1.165) is 9.75 Å². The summed E-state index contributed by atoms with van der Waals surface area (Å²) >= 11 is 8.73. The molecule has 2 heterocycles. The molecular formula is C6H3ClN2S2. The summed E-state index contributed by atoms with van der Waals surface area (Å²) in [7, 11) is 0. The van der Waals surface area contributed by atoms with Crippen LogP contribution in [0.3, 0.4) is 0 Å². The monoisotopic (exact) mass is 202 g/mol. The third kappa shape index (κ3) is 1.42. The van der Waals surface area contributed by atoms with Gasteiger partial charge in [0, 0.05) is 12.4 Å². The minimum absolute atomic E-state index is 0.577. The zero-order chi connectivity index (χ0) is 7.68. The van der Waals surface area contributed by atoms with E-state index in [4.69, 9.17) is 11.6 Å². The van der Waals surface area contributed by atoms with Crippen molar-refractivity contribution in [2.75, 3.05) is 0 Å². The molecule has 0 atom stereocenters. The summed E-state index contributed by atoms with van der Waals surface area (Å²) in [5, 5.41) is 0. The molecule has 0 N–H and O–H groups in total. The van der Waals surface area contributed by atoms with Gasteiger partial charge in [-0.15, -0.1) is 22.7 Å². The van der Waals surface area contributed by atoms with Crippen molar-refractivity contribution in [2.24, 2.45) is 0 Å². The van der Waals surface area contributed by atoms with Gasteiger partial charge in [0.05, 0.1) is 15.3 Å². The first-order valence-corrected chi connectivity index (χ1v) is 4.94. The maximum atomic E-state index is 5.67. The summed E-state index contributed by atoms with van der Waals surface area (Å²) in [6.07, 6.45) is 3.58. The van der Waals surface area contributed by atoms with E-state index in [1.165, 1.54) is 11.3 Å². The van der Waals surface area contributed by atoms with Gasteiger partial charge in [0.25, 0.3) is 0 Å². The average Bonchev–Trinajstić information content (AvgIpc) is 2.55. The number of aromatic nitrogens is 2. The quantitative estimate of drug-likeness (QED) is 0.711. The molecule has 0 aliphatic rings. The molecule has 0 aliphatic carbocycles. The van der Waals surface area contributed by atoms with Crippen molar-refractivity contribution in [3.05, 3.63) is 22.4 Å². The van der Waals surface area contributed by atoms with Crippen molar-refractivity contribution in [3.8, 4) is 9.75 Å². The predicted molar refractivity (Wildman–Crippen MR) is 48.2 cm³/mol. The standard InChI is InChI=1S/C6H3ClN2S2/c7-6-9-2-5(11-6)4-1-8-3-10-4/h1-3H. The van der Waals surface area contributed by atoms with Crippen LogP contribution < -0.4 is 0 Å². The molecule has 0 spiro atoms. The topological polar surface area (TPSA) is 25.8 Å². The van der Waals surface area contributed by atoms with Crippen molar-refractivity contribution < 1.29 is 0 Å². The summed E-state index contributed by atoms with van der Waals surface area (Å²) in [5.41, 5.74) is 1.79. The third-order valence-corrected chi connectivity index (χ3v) is 3.24. The summed E-state index contributed by atoms with van der Waals surface area (Å²) in [6, 6.07) is 0. The predicted octanol–water partition coefficient (Wildman–Crippen LogP) is 2.92. The van der Waals surface area contributed by atoms with Gasteiger partial charge in [-0.25, -0.2) is 4.98 Å². The van der Waals surface area contributed by atoms with E-state index in [1.54, 1.807) is 23.0 Å². The maximum Gasteiger partial charge on any atom is 0.184 e.